The van der Waals surface area contributed by atoms with Gasteiger partial charge in [0.05, 0.1) is 12.1 Å². The molecular formula is C12H16F2N2OS. The third-order valence-electron chi connectivity index (χ3n) is 3.03. The molecule has 0 N–H and O–H groups in total. The van der Waals surface area contributed by atoms with Gasteiger partial charge in [0.25, 0.3) is 12.3 Å². The van der Waals surface area contributed by atoms with Crippen LogP contribution in [0.3, 0.4) is 0 Å². The van der Waals surface area contributed by atoms with E-state index in [9.17, 15) is 13.6 Å². The van der Waals surface area contributed by atoms with Gasteiger partial charge >= 0.3 is 0 Å². The summed E-state index contributed by atoms with van der Waals surface area (Å²) in [6, 6.07) is 1.87. The molecule has 1 fully saturated rings. The summed E-state index contributed by atoms with van der Waals surface area (Å²) in [7, 11) is 0. The maximum absolute atomic E-state index is 12.2. The SMILES string of the molecule is Cc1cc(C(=O)N2CCN(CC(F)F)CC2)cs1. The molecular weight excluding hydrogens is 258 g/mol. The van der Waals surface area contributed by atoms with Crippen LogP contribution in [-0.4, -0.2) is 54.9 Å². The van der Waals surface area contributed by atoms with Crippen molar-refractivity contribution in [3.05, 3.63) is 21.9 Å². The summed E-state index contributed by atoms with van der Waals surface area (Å²) >= 11 is 1.55. The van der Waals surface area contributed by atoms with Crippen LogP contribution in [0, 0.1) is 6.92 Å². The molecule has 6 heteroatoms. The summed E-state index contributed by atoms with van der Waals surface area (Å²) < 4.78 is 24.4. The highest BCUT2D eigenvalue weighted by Gasteiger charge is 2.23. The largest absolute Gasteiger partial charge is 0.336 e. The Bertz CT molecular complexity index is 414. The van der Waals surface area contributed by atoms with Crippen LogP contribution in [0.15, 0.2) is 11.4 Å². The van der Waals surface area contributed by atoms with Crippen molar-refractivity contribution in [1.82, 2.24) is 9.80 Å². The molecule has 2 heterocycles. The number of alkyl halides is 2. The van der Waals surface area contributed by atoms with Gasteiger partial charge in [-0.15, -0.1) is 11.3 Å². The van der Waals surface area contributed by atoms with Crippen molar-refractivity contribution in [2.45, 2.75) is 13.3 Å². The Morgan fingerprint density at radius 1 is 1.39 bits per heavy atom. The minimum absolute atomic E-state index is 0.0102. The zero-order chi connectivity index (χ0) is 13.1. The fourth-order valence-corrected chi connectivity index (χ4v) is 2.74. The molecule has 1 saturated heterocycles. The van der Waals surface area contributed by atoms with E-state index in [0.717, 1.165) is 4.88 Å². The zero-order valence-electron chi connectivity index (χ0n) is 10.2. The van der Waals surface area contributed by atoms with Gasteiger partial charge in [0.15, 0.2) is 0 Å². The fourth-order valence-electron chi connectivity index (χ4n) is 2.07. The molecule has 0 spiro atoms. The highest BCUT2D eigenvalue weighted by molar-refractivity contribution is 7.10. The molecule has 0 atom stereocenters. The van der Waals surface area contributed by atoms with Gasteiger partial charge in [-0.2, -0.15) is 0 Å². The van der Waals surface area contributed by atoms with E-state index in [-0.39, 0.29) is 12.5 Å². The molecule has 0 bridgehead atoms. The molecule has 100 valence electrons. The quantitative estimate of drug-likeness (QED) is 0.842. The lowest BCUT2D eigenvalue weighted by Crippen LogP contribution is -2.49. The number of halogens is 2. The van der Waals surface area contributed by atoms with Crippen LogP contribution in [0.2, 0.25) is 0 Å². The van der Waals surface area contributed by atoms with Gasteiger partial charge in [-0.1, -0.05) is 0 Å². The first-order valence-corrected chi connectivity index (χ1v) is 6.79. The first kappa shape index (κ1) is 13.4. The number of hydrogen-bond donors (Lipinski definition) is 0. The third-order valence-corrected chi connectivity index (χ3v) is 3.89. The van der Waals surface area contributed by atoms with E-state index in [1.54, 1.807) is 21.1 Å². The maximum Gasteiger partial charge on any atom is 0.254 e. The lowest BCUT2D eigenvalue weighted by Gasteiger charge is -2.34. The van der Waals surface area contributed by atoms with E-state index in [4.69, 9.17) is 0 Å². The molecule has 1 amide bonds. The van der Waals surface area contributed by atoms with E-state index in [1.165, 1.54) is 0 Å². The zero-order valence-corrected chi connectivity index (χ0v) is 11.1. The number of thiophene rings is 1. The van der Waals surface area contributed by atoms with Crippen LogP contribution in [0.1, 0.15) is 15.2 Å². The molecule has 0 unspecified atom stereocenters. The Kier molecular flexibility index (Phi) is 4.29. The second-order valence-corrected chi connectivity index (χ2v) is 5.55. The van der Waals surface area contributed by atoms with E-state index in [0.29, 0.717) is 31.7 Å². The van der Waals surface area contributed by atoms with Crippen molar-refractivity contribution >= 4 is 17.2 Å². The molecule has 1 aromatic heterocycles. The van der Waals surface area contributed by atoms with E-state index >= 15 is 0 Å². The van der Waals surface area contributed by atoms with Crippen LogP contribution in [-0.2, 0) is 0 Å². The first-order valence-electron chi connectivity index (χ1n) is 5.91. The Balaban J connectivity index is 1.88. The van der Waals surface area contributed by atoms with Crippen molar-refractivity contribution in [1.29, 1.82) is 0 Å². The molecule has 2 rings (SSSR count). The van der Waals surface area contributed by atoms with Crippen LogP contribution < -0.4 is 0 Å². The number of nitrogens with zero attached hydrogens (tertiary/aromatic N) is 2. The minimum atomic E-state index is -2.30. The smallest absolute Gasteiger partial charge is 0.254 e. The third kappa shape index (κ3) is 3.26. The lowest BCUT2D eigenvalue weighted by molar-refractivity contribution is 0.0459. The average molecular weight is 274 g/mol. The monoisotopic (exact) mass is 274 g/mol. The highest BCUT2D eigenvalue weighted by Crippen LogP contribution is 2.16. The van der Waals surface area contributed by atoms with Gasteiger partial charge in [-0.05, 0) is 13.0 Å². The molecule has 1 aliphatic rings. The number of amides is 1. The molecule has 1 aliphatic heterocycles. The van der Waals surface area contributed by atoms with E-state index in [2.05, 4.69) is 0 Å². The first-order chi connectivity index (χ1) is 8.56. The van der Waals surface area contributed by atoms with Crippen LogP contribution in [0.4, 0.5) is 8.78 Å². The van der Waals surface area contributed by atoms with Crippen LogP contribution >= 0.6 is 11.3 Å². The number of rotatable bonds is 3. The number of piperazine rings is 1. The van der Waals surface area contributed by atoms with Gasteiger partial charge in [-0.25, -0.2) is 8.78 Å². The van der Waals surface area contributed by atoms with Gasteiger partial charge in [-0.3, -0.25) is 9.69 Å². The number of hydrogen-bond acceptors (Lipinski definition) is 3. The molecule has 0 saturated carbocycles. The number of aryl methyl sites for hydroxylation is 1. The lowest BCUT2D eigenvalue weighted by atomic mass is 10.2. The highest BCUT2D eigenvalue weighted by atomic mass is 32.1. The Morgan fingerprint density at radius 3 is 2.56 bits per heavy atom. The summed E-state index contributed by atoms with van der Waals surface area (Å²) in [5.74, 6) is 0.0102. The predicted octanol–water partition coefficient (Wildman–Crippen LogP) is 2.08. The minimum Gasteiger partial charge on any atom is -0.336 e. The average Bonchev–Trinajstić information content (AvgIpc) is 2.75. The second-order valence-electron chi connectivity index (χ2n) is 4.43. The number of carbonyl (C=O) groups is 1. The Hall–Kier alpha value is -1.01. The molecule has 0 radical (unpaired) electrons. The van der Waals surface area contributed by atoms with Gasteiger partial charge < -0.3 is 4.90 Å². The summed E-state index contributed by atoms with van der Waals surface area (Å²) in [6.45, 7) is 3.88. The topological polar surface area (TPSA) is 23.6 Å². The van der Waals surface area contributed by atoms with Crippen LogP contribution in [0.25, 0.3) is 0 Å². The molecule has 3 nitrogen and oxygen atoms in total. The van der Waals surface area contributed by atoms with Crippen molar-refractivity contribution in [2.75, 3.05) is 32.7 Å². The molecule has 18 heavy (non-hydrogen) atoms. The fraction of sp³-hybridized carbons (Fsp3) is 0.583. The Labute approximate surface area is 109 Å². The van der Waals surface area contributed by atoms with Gasteiger partial charge in [0.1, 0.15) is 0 Å². The van der Waals surface area contributed by atoms with Gasteiger partial charge in [0, 0.05) is 36.4 Å². The predicted molar refractivity (Wildman–Crippen MR) is 67.4 cm³/mol. The van der Waals surface area contributed by atoms with Crippen LogP contribution in [0.5, 0.6) is 0 Å². The standard InChI is InChI=1S/C12H16F2N2OS/c1-9-6-10(8-18-9)12(17)16-4-2-15(3-5-16)7-11(13)14/h6,8,11H,2-5,7H2,1H3. The van der Waals surface area contributed by atoms with Crippen molar-refractivity contribution in [2.24, 2.45) is 0 Å². The molecule has 0 aliphatic carbocycles. The van der Waals surface area contributed by atoms with Gasteiger partial charge in [0.2, 0.25) is 0 Å². The van der Waals surface area contributed by atoms with E-state index in [1.807, 2.05) is 18.4 Å². The summed E-state index contributed by atoms with van der Waals surface area (Å²) in [5.41, 5.74) is 0.708. The van der Waals surface area contributed by atoms with Crippen molar-refractivity contribution < 1.29 is 13.6 Å². The summed E-state index contributed by atoms with van der Waals surface area (Å²) in [6.07, 6.45) is -2.30. The maximum atomic E-state index is 12.2. The van der Waals surface area contributed by atoms with Crippen molar-refractivity contribution in [3.63, 3.8) is 0 Å². The van der Waals surface area contributed by atoms with Crippen molar-refractivity contribution in [3.8, 4) is 0 Å². The number of carbonyl (C=O) groups excluding carboxylic acids is 1. The molecule has 1 aromatic rings. The Morgan fingerprint density at radius 2 is 2.06 bits per heavy atom. The molecule has 0 aromatic carbocycles. The summed E-state index contributed by atoms with van der Waals surface area (Å²) in [5, 5.41) is 1.85. The normalized spacial score (nSPS) is 17.4. The summed E-state index contributed by atoms with van der Waals surface area (Å²) in [4.78, 5) is 16.7. The van der Waals surface area contributed by atoms with E-state index < -0.39 is 6.43 Å². The second kappa shape index (κ2) is 5.75.